The molecule has 2 aromatic carbocycles. The first-order chi connectivity index (χ1) is 13.6. The fourth-order valence-electron chi connectivity index (χ4n) is 3.99. The summed E-state index contributed by atoms with van der Waals surface area (Å²) in [6.07, 6.45) is 3.49. The number of hydrogen-bond acceptors (Lipinski definition) is 2. The van der Waals surface area contributed by atoms with Gasteiger partial charge in [0.05, 0.1) is 5.92 Å². The van der Waals surface area contributed by atoms with Crippen LogP contribution in [0.2, 0.25) is 0 Å². The van der Waals surface area contributed by atoms with Gasteiger partial charge < -0.3 is 5.32 Å². The van der Waals surface area contributed by atoms with Crippen molar-refractivity contribution in [3.8, 4) is 0 Å². The van der Waals surface area contributed by atoms with E-state index in [1.165, 1.54) is 11.6 Å². The number of likely N-dealkylation sites (tertiary alicyclic amines) is 1. The Hall–Kier alpha value is -2.46. The molecule has 2 unspecified atom stereocenters. The molecule has 0 saturated carbocycles. The maximum atomic E-state index is 13.7. The Morgan fingerprint density at radius 1 is 1.25 bits per heavy atom. The van der Waals surface area contributed by atoms with Gasteiger partial charge in [-0.15, -0.1) is 6.58 Å². The summed E-state index contributed by atoms with van der Waals surface area (Å²) in [4.78, 5) is 15.1. The SMILES string of the molecule is C=CCN1CC(C(=O)NCCc2ccccc2)CC(c2ccc(F)c(C)c2)C1. The number of aryl methyl sites for hydroxylation is 1. The molecule has 0 aromatic heterocycles. The Kier molecular flexibility index (Phi) is 6.99. The number of nitrogens with zero attached hydrogens (tertiary/aromatic N) is 1. The Morgan fingerprint density at radius 3 is 2.75 bits per heavy atom. The summed E-state index contributed by atoms with van der Waals surface area (Å²) in [7, 11) is 0. The molecule has 4 heteroatoms. The number of piperidine rings is 1. The van der Waals surface area contributed by atoms with Gasteiger partial charge in [-0.1, -0.05) is 48.5 Å². The number of carbonyl (C=O) groups is 1. The van der Waals surface area contributed by atoms with Crippen molar-refractivity contribution >= 4 is 5.91 Å². The van der Waals surface area contributed by atoms with Gasteiger partial charge in [-0.25, -0.2) is 4.39 Å². The van der Waals surface area contributed by atoms with Gasteiger partial charge in [0.1, 0.15) is 5.82 Å². The lowest BCUT2D eigenvalue weighted by Gasteiger charge is -2.37. The van der Waals surface area contributed by atoms with Crippen molar-refractivity contribution in [2.75, 3.05) is 26.2 Å². The van der Waals surface area contributed by atoms with E-state index in [0.717, 1.165) is 38.0 Å². The predicted octanol–water partition coefficient (Wildman–Crippen LogP) is 4.08. The zero-order valence-electron chi connectivity index (χ0n) is 16.5. The molecule has 148 valence electrons. The molecule has 0 bridgehead atoms. The second kappa shape index (κ2) is 9.65. The van der Waals surface area contributed by atoms with Crippen LogP contribution in [0.5, 0.6) is 0 Å². The average Bonchev–Trinajstić information content (AvgIpc) is 2.71. The first-order valence-corrected chi connectivity index (χ1v) is 9.97. The number of amides is 1. The molecule has 3 nitrogen and oxygen atoms in total. The summed E-state index contributed by atoms with van der Waals surface area (Å²) >= 11 is 0. The Bertz CT molecular complexity index is 806. The van der Waals surface area contributed by atoms with Crippen LogP contribution in [0.4, 0.5) is 4.39 Å². The monoisotopic (exact) mass is 380 g/mol. The second-order valence-electron chi connectivity index (χ2n) is 7.67. The summed E-state index contributed by atoms with van der Waals surface area (Å²) in [5.74, 6) is 0.0731. The Labute approximate surface area is 167 Å². The van der Waals surface area contributed by atoms with Gasteiger partial charge in [0, 0.05) is 26.2 Å². The second-order valence-corrected chi connectivity index (χ2v) is 7.67. The maximum Gasteiger partial charge on any atom is 0.224 e. The van der Waals surface area contributed by atoms with Crippen molar-refractivity contribution in [2.24, 2.45) is 5.92 Å². The van der Waals surface area contributed by atoms with Gasteiger partial charge in [-0.3, -0.25) is 9.69 Å². The molecular weight excluding hydrogens is 351 g/mol. The number of benzene rings is 2. The lowest BCUT2D eigenvalue weighted by molar-refractivity contribution is -0.126. The van der Waals surface area contributed by atoms with E-state index >= 15 is 0 Å². The normalized spacial score (nSPS) is 19.9. The summed E-state index contributed by atoms with van der Waals surface area (Å²) in [6, 6.07) is 15.5. The summed E-state index contributed by atoms with van der Waals surface area (Å²) in [5.41, 5.74) is 2.98. The van der Waals surface area contributed by atoms with Crippen LogP contribution >= 0.6 is 0 Å². The Balaban J connectivity index is 1.64. The third-order valence-corrected chi connectivity index (χ3v) is 5.49. The Morgan fingerprint density at radius 2 is 2.04 bits per heavy atom. The lowest BCUT2D eigenvalue weighted by Crippen LogP contribution is -2.46. The zero-order chi connectivity index (χ0) is 19.9. The highest BCUT2D eigenvalue weighted by atomic mass is 19.1. The van der Waals surface area contributed by atoms with Crippen LogP contribution in [0.25, 0.3) is 0 Å². The summed E-state index contributed by atoms with van der Waals surface area (Å²) in [6.45, 7) is 8.62. The van der Waals surface area contributed by atoms with Crippen molar-refractivity contribution in [3.63, 3.8) is 0 Å². The third-order valence-electron chi connectivity index (χ3n) is 5.49. The van der Waals surface area contributed by atoms with Crippen LogP contribution in [0.1, 0.15) is 29.0 Å². The van der Waals surface area contributed by atoms with Gasteiger partial charge in [-0.2, -0.15) is 0 Å². The molecular formula is C24H29FN2O. The number of hydrogen-bond donors (Lipinski definition) is 1. The van der Waals surface area contributed by atoms with Crippen molar-refractivity contribution < 1.29 is 9.18 Å². The van der Waals surface area contributed by atoms with Gasteiger partial charge in [0.15, 0.2) is 0 Å². The first kappa shape index (κ1) is 20.3. The minimum atomic E-state index is -0.183. The van der Waals surface area contributed by atoms with Crippen molar-refractivity contribution in [1.29, 1.82) is 0 Å². The van der Waals surface area contributed by atoms with Crippen LogP contribution in [0.15, 0.2) is 61.2 Å². The predicted molar refractivity (Wildman–Crippen MR) is 112 cm³/mol. The molecule has 0 aliphatic carbocycles. The van der Waals surface area contributed by atoms with Crippen LogP contribution in [-0.2, 0) is 11.2 Å². The fraction of sp³-hybridized carbons (Fsp3) is 0.375. The molecule has 3 rings (SSSR count). The van der Waals surface area contributed by atoms with E-state index in [4.69, 9.17) is 0 Å². The molecule has 28 heavy (non-hydrogen) atoms. The zero-order valence-corrected chi connectivity index (χ0v) is 16.5. The molecule has 0 spiro atoms. The van der Waals surface area contributed by atoms with Crippen LogP contribution in [-0.4, -0.2) is 37.0 Å². The standard InChI is InChI=1S/C24H29FN2O/c1-3-13-27-16-21(20-9-10-23(25)18(2)14-20)15-22(17-27)24(28)26-12-11-19-7-5-4-6-8-19/h3-10,14,21-22H,1,11-13,15-17H2,2H3,(H,26,28). The number of carbonyl (C=O) groups excluding carboxylic acids is 1. The fourth-order valence-corrected chi connectivity index (χ4v) is 3.99. The minimum absolute atomic E-state index is 0.0696. The van der Waals surface area contributed by atoms with E-state index in [1.54, 1.807) is 6.92 Å². The highest BCUT2D eigenvalue weighted by molar-refractivity contribution is 5.79. The highest BCUT2D eigenvalue weighted by Gasteiger charge is 2.32. The molecule has 1 saturated heterocycles. The highest BCUT2D eigenvalue weighted by Crippen LogP contribution is 2.31. The smallest absolute Gasteiger partial charge is 0.224 e. The maximum absolute atomic E-state index is 13.7. The van der Waals surface area contributed by atoms with E-state index in [9.17, 15) is 9.18 Å². The largest absolute Gasteiger partial charge is 0.355 e. The topological polar surface area (TPSA) is 32.3 Å². The molecule has 1 amide bonds. The van der Waals surface area contributed by atoms with E-state index in [2.05, 4.69) is 28.9 Å². The van der Waals surface area contributed by atoms with Gasteiger partial charge in [0.2, 0.25) is 5.91 Å². The van der Waals surface area contributed by atoms with Crippen LogP contribution < -0.4 is 5.32 Å². The van der Waals surface area contributed by atoms with Crippen LogP contribution in [0.3, 0.4) is 0 Å². The minimum Gasteiger partial charge on any atom is -0.355 e. The number of rotatable bonds is 7. The summed E-state index contributed by atoms with van der Waals surface area (Å²) in [5, 5.41) is 3.10. The van der Waals surface area contributed by atoms with E-state index in [-0.39, 0.29) is 23.6 Å². The van der Waals surface area contributed by atoms with Crippen molar-refractivity contribution in [3.05, 3.63) is 83.7 Å². The van der Waals surface area contributed by atoms with Crippen molar-refractivity contribution in [1.82, 2.24) is 10.2 Å². The molecule has 1 N–H and O–H groups in total. The van der Waals surface area contributed by atoms with Crippen molar-refractivity contribution in [2.45, 2.75) is 25.7 Å². The van der Waals surface area contributed by atoms with Crippen LogP contribution in [0, 0.1) is 18.7 Å². The summed E-state index contributed by atoms with van der Waals surface area (Å²) < 4.78 is 13.7. The third kappa shape index (κ3) is 5.29. The van der Waals surface area contributed by atoms with Gasteiger partial charge in [-0.05, 0) is 48.4 Å². The molecule has 1 aliphatic heterocycles. The van der Waals surface area contributed by atoms with E-state index in [0.29, 0.717) is 12.1 Å². The number of nitrogens with one attached hydrogen (secondary N) is 1. The molecule has 1 fully saturated rings. The molecule has 1 aliphatic rings. The van der Waals surface area contributed by atoms with Gasteiger partial charge in [0.25, 0.3) is 0 Å². The molecule has 2 atom stereocenters. The quantitative estimate of drug-likeness (QED) is 0.734. The first-order valence-electron chi connectivity index (χ1n) is 9.97. The lowest BCUT2D eigenvalue weighted by atomic mass is 9.83. The average molecular weight is 381 g/mol. The molecule has 0 radical (unpaired) electrons. The molecule has 2 aromatic rings. The van der Waals surface area contributed by atoms with E-state index in [1.807, 2.05) is 36.4 Å². The van der Waals surface area contributed by atoms with Gasteiger partial charge >= 0.3 is 0 Å². The molecule has 1 heterocycles. The number of halogens is 1. The van der Waals surface area contributed by atoms with E-state index < -0.39 is 0 Å².